The fourth-order valence-corrected chi connectivity index (χ4v) is 6.23. The number of carbonyl (C=O) groups is 1. The highest BCUT2D eigenvalue weighted by Gasteiger charge is 2.53. The summed E-state index contributed by atoms with van der Waals surface area (Å²) < 4.78 is 5.94. The van der Waals surface area contributed by atoms with Crippen molar-refractivity contribution < 1.29 is 14.6 Å². The molecule has 1 aliphatic heterocycles. The molecule has 0 amide bonds. The average molecular weight is 412 g/mol. The number of fused-ring (bicyclic) bond motifs is 2. The summed E-state index contributed by atoms with van der Waals surface area (Å²) in [5.74, 6) is 0.126. The molecule has 1 saturated heterocycles. The van der Waals surface area contributed by atoms with Crippen LogP contribution in [0.4, 0.5) is 0 Å². The van der Waals surface area contributed by atoms with Crippen LogP contribution in [0.3, 0.4) is 0 Å². The highest BCUT2D eigenvalue weighted by atomic mass is 16.6. The second-order valence-corrected chi connectivity index (χ2v) is 10.3. The minimum atomic E-state index is -0.952. The predicted molar refractivity (Wildman–Crippen MR) is 119 cm³/mol. The molecule has 30 heavy (non-hydrogen) atoms. The van der Waals surface area contributed by atoms with Crippen LogP contribution in [0.1, 0.15) is 65.4 Å². The maximum atomic E-state index is 12.9. The summed E-state index contributed by atoms with van der Waals surface area (Å²) in [5.41, 5.74) is 3.30. The zero-order valence-electron chi connectivity index (χ0n) is 19.0. The first-order valence-corrected chi connectivity index (χ1v) is 11.6. The number of ether oxygens (including phenoxy) is 1. The molecule has 4 rings (SSSR count). The summed E-state index contributed by atoms with van der Waals surface area (Å²) >= 11 is 0. The third-order valence-corrected chi connectivity index (χ3v) is 8.01. The van der Waals surface area contributed by atoms with Gasteiger partial charge in [0, 0.05) is 19.0 Å². The van der Waals surface area contributed by atoms with Crippen molar-refractivity contribution in [2.24, 2.45) is 17.3 Å². The van der Waals surface area contributed by atoms with E-state index in [4.69, 9.17) is 4.74 Å². The van der Waals surface area contributed by atoms with E-state index in [1.54, 1.807) is 11.1 Å². The number of aliphatic hydroxyl groups is 1. The van der Waals surface area contributed by atoms with Crippen LogP contribution >= 0.6 is 0 Å². The second kappa shape index (κ2) is 8.12. The number of esters is 1. The van der Waals surface area contributed by atoms with Crippen LogP contribution in [0.2, 0.25) is 0 Å². The minimum absolute atomic E-state index is 0.0386. The van der Waals surface area contributed by atoms with Crippen molar-refractivity contribution in [2.75, 3.05) is 19.6 Å². The lowest BCUT2D eigenvalue weighted by Crippen LogP contribution is -2.44. The fourth-order valence-electron chi connectivity index (χ4n) is 6.23. The minimum Gasteiger partial charge on any atom is -0.462 e. The zero-order valence-corrected chi connectivity index (χ0v) is 19.0. The van der Waals surface area contributed by atoms with E-state index < -0.39 is 5.60 Å². The zero-order chi connectivity index (χ0) is 21.5. The van der Waals surface area contributed by atoms with Crippen molar-refractivity contribution in [1.29, 1.82) is 0 Å². The molecule has 5 atom stereocenters. The Labute approximate surface area is 181 Å². The molecule has 0 radical (unpaired) electrons. The number of hydrogen-bond donors (Lipinski definition) is 1. The highest BCUT2D eigenvalue weighted by molar-refractivity contribution is 5.76. The van der Waals surface area contributed by atoms with E-state index >= 15 is 0 Å². The number of rotatable bonds is 6. The van der Waals surface area contributed by atoms with Gasteiger partial charge < -0.3 is 9.84 Å². The van der Waals surface area contributed by atoms with E-state index in [0.717, 1.165) is 24.9 Å². The first-order valence-electron chi connectivity index (χ1n) is 11.6. The van der Waals surface area contributed by atoms with E-state index in [-0.39, 0.29) is 29.3 Å². The van der Waals surface area contributed by atoms with E-state index in [1.807, 2.05) is 37.3 Å². The Balaban J connectivity index is 1.50. The van der Waals surface area contributed by atoms with Gasteiger partial charge in [-0.1, -0.05) is 55.3 Å². The molecule has 2 fully saturated rings. The van der Waals surface area contributed by atoms with Crippen LogP contribution in [0.15, 0.2) is 41.5 Å². The van der Waals surface area contributed by atoms with Gasteiger partial charge in [0.15, 0.2) is 0 Å². The number of likely N-dealkylation sites (N-methyl/N-ethyl adjacent to an activating group) is 1. The van der Waals surface area contributed by atoms with E-state index in [0.29, 0.717) is 13.1 Å². The molecule has 3 aliphatic rings. The third kappa shape index (κ3) is 3.97. The predicted octanol–water partition coefficient (Wildman–Crippen LogP) is 4.67. The number of benzene rings is 1. The van der Waals surface area contributed by atoms with Crippen LogP contribution in [0.25, 0.3) is 0 Å². The fraction of sp³-hybridized carbons (Fsp3) is 0.654. The number of carbonyl (C=O) groups excluding carboxylic acids is 1. The normalized spacial score (nSPS) is 33.1. The van der Waals surface area contributed by atoms with Crippen molar-refractivity contribution in [1.82, 2.24) is 4.90 Å². The van der Waals surface area contributed by atoms with Crippen molar-refractivity contribution in [2.45, 2.75) is 71.5 Å². The van der Waals surface area contributed by atoms with Crippen LogP contribution in [-0.4, -0.2) is 41.7 Å². The monoisotopic (exact) mass is 411 g/mol. The molecular formula is C26H37NO3. The second-order valence-electron chi connectivity index (χ2n) is 10.3. The van der Waals surface area contributed by atoms with Crippen molar-refractivity contribution in [3.63, 3.8) is 0 Å². The lowest BCUT2D eigenvalue weighted by atomic mass is 9.59. The summed E-state index contributed by atoms with van der Waals surface area (Å²) in [4.78, 5) is 15.1. The first kappa shape index (κ1) is 21.6. The molecule has 1 heterocycles. The Morgan fingerprint density at radius 1 is 1.30 bits per heavy atom. The molecule has 0 bridgehead atoms. The van der Waals surface area contributed by atoms with Crippen LogP contribution in [0, 0.1) is 17.3 Å². The van der Waals surface area contributed by atoms with Gasteiger partial charge in [-0.2, -0.15) is 0 Å². The van der Waals surface area contributed by atoms with Gasteiger partial charge in [-0.25, -0.2) is 0 Å². The van der Waals surface area contributed by atoms with Gasteiger partial charge in [0.1, 0.15) is 6.10 Å². The third-order valence-electron chi connectivity index (χ3n) is 8.01. The van der Waals surface area contributed by atoms with Gasteiger partial charge in [-0.05, 0) is 63.5 Å². The Kier molecular flexibility index (Phi) is 5.84. The smallest absolute Gasteiger partial charge is 0.310 e. The molecule has 1 aromatic carbocycles. The van der Waals surface area contributed by atoms with E-state index in [1.165, 1.54) is 19.3 Å². The molecule has 1 saturated carbocycles. The molecular weight excluding hydrogens is 374 g/mol. The van der Waals surface area contributed by atoms with Crippen LogP contribution in [-0.2, 0) is 15.1 Å². The van der Waals surface area contributed by atoms with Crippen molar-refractivity contribution in [3.05, 3.63) is 47.0 Å². The Morgan fingerprint density at radius 3 is 2.73 bits per heavy atom. The van der Waals surface area contributed by atoms with Crippen molar-refractivity contribution >= 4 is 5.97 Å². The van der Waals surface area contributed by atoms with Gasteiger partial charge >= 0.3 is 5.97 Å². The highest BCUT2D eigenvalue weighted by Crippen LogP contribution is 2.55. The number of nitrogens with zero attached hydrogens (tertiary/aromatic N) is 1. The van der Waals surface area contributed by atoms with Crippen LogP contribution < -0.4 is 0 Å². The molecule has 1 aromatic rings. The summed E-state index contributed by atoms with van der Waals surface area (Å²) in [5, 5.41) is 11.1. The van der Waals surface area contributed by atoms with Gasteiger partial charge in [-0.15, -0.1) is 0 Å². The van der Waals surface area contributed by atoms with Crippen LogP contribution in [0.5, 0.6) is 0 Å². The first-order chi connectivity index (χ1) is 14.2. The van der Waals surface area contributed by atoms with E-state index in [2.05, 4.69) is 25.7 Å². The maximum Gasteiger partial charge on any atom is 0.310 e. The lowest BCUT2D eigenvalue weighted by Gasteiger charge is -2.46. The van der Waals surface area contributed by atoms with Gasteiger partial charge in [-0.3, -0.25) is 9.69 Å². The Bertz CT molecular complexity index is 815. The molecule has 0 aromatic heterocycles. The van der Waals surface area contributed by atoms with Crippen molar-refractivity contribution in [3.8, 4) is 0 Å². The molecule has 4 heteroatoms. The molecule has 2 aliphatic carbocycles. The molecule has 1 N–H and O–H groups in total. The topological polar surface area (TPSA) is 49.8 Å². The molecule has 4 nitrogen and oxygen atoms in total. The lowest BCUT2D eigenvalue weighted by molar-refractivity contribution is -0.145. The van der Waals surface area contributed by atoms with Gasteiger partial charge in [0.25, 0.3) is 0 Å². The maximum absolute atomic E-state index is 12.9. The van der Waals surface area contributed by atoms with E-state index in [9.17, 15) is 9.90 Å². The summed E-state index contributed by atoms with van der Waals surface area (Å²) in [6.07, 6.45) is 5.68. The Morgan fingerprint density at radius 2 is 2.03 bits per heavy atom. The van der Waals surface area contributed by atoms with Gasteiger partial charge in [0.05, 0.1) is 11.5 Å². The Hall–Kier alpha value is -1.65. The molecule has 164 valence electrons. The summed E-state index contributed by atoms with van der Waals surface area (Å²) in [6.45, 7) is 10.6. The standard InChI is InChI=1S/C26H37NO3/c1-5-27(17-26(4,29)19-11-7-6-8-12-19)16-21-20-14-22-18(2)10-9-13-25(22,3)15-23(20)30-24(21)28/h6-8,11-12,20-21,23,29H,5,9-10,13-17H2,1-4H3/t20-,21?,23-,25-,26?/m1/s1. The molecule has 0 spiro atoms. The van der Waals surface area contributed by atoms with Gasteiger partial charge in [0.2, 0.25) is 0 Å². The number of allylic oxidation sites excluding steroid dienone is 2. The summed E-state index contributed by atoms with van der Waals surface area (Å²) in [7, 11) is 0. The molecule has 2 unspecified atom stereocenters. The number of hydrogen-bond acceptors (Lipinski definition) is 4. The quantitative estimate of drug-likeness (QED) is 0.546. The average Bonchev–Trinajstić information content (AvgIpc) is 3.00. The largest absolute Gasteiger partial charge is 0.462 e. The SMILES string of the molecule is CCN(CC1C(=O)O[C@@H]2C[C@@]3(C)CCCC(C)=C3C[C@H]12)CC(C)(O)c1ccccc1. The summed E-state index contributed by atoms with van der Waals surface area (Å²) in [6, 6.07) is 9.81.